The molecule has 94 valence electrons. The second-order valence-electron chi connectivity index (χ2n) is 6.84. The SMILES string of the molecule is Cn1ncc(C23CC4CC(CC(C4)C2)C3)c1C#N. The molecule has 5 rings (SSSR count). The lowest BCUT2D eigenvalue weighted by molar-refractivity contribution is -0.00534. The summed E-state index contributed by atoms with van der Waals surface area (Å²) < 4.78 is 1.76. The Balaban J connectivity index is 1.82. The fourth-order valence-electron chi connectivity index (χ4n) is 5.40. The highest BCUT2D eigenvalue weighted by Crippen LogP contribution is 2.61. The molecule has 4 saturated carbocycles. The molecule has 0 aromatic carbocycles. The smallest absolute Gasteiger partial charge is 0.141 e. The van der Waals surface area contributed by atoms with Crippen molar-refractivity contribution in [3.63, 3.8) is 0 Å². The van der Waals surface area contributed by atoms with E-state index in [1.54, 1.807) is 4.68 Å². The number of aromatic nitrogens is 2. The zero-order chi connectivity index (χ0) is 12.3. The fourth-order valence-corrected chi connectivity index (χ4v) is 5.40. The zero-order valence-electron chi connectivity index (χ0n) is 10.9. The van der Waals surface area contributed by atoms with Crippen LogP contribution in [-0.2, 0) is 12.5 Å². The van der Waals surface area contributed by atoms with Gasteiger partial charge in [-0.1, -0.05) is 0 Å². The van der Waals surface area contributed by atoms with Gasteiger partial charge in [-0.15, -0.1) is 0 Å². The third-order valence-electron chi connectivity index (χ3n) is 5.65. The molecule has 3 heteroatoms. The minimum atomic E-state index is 0.300. The van der Waals surface area contributed by atoms with E-state index in [0.717, 1.165) is 23.4 Å². The minimum absolute atomic E-state index is 0.300. The first-order valence-corrected chi connectivity index (χ1v) is 7.13. The van der Waals surface area contributed by atoms with Crippen LogP contribution in [0.2, 0.25) is 0 Å². The maximum absolute atomic E-state index is 9.38. The predicted molar refractivity (Wildman–Crippen MR) is 67.8 cm³/mol. The van der Waals surface area contributed by atoms with E-state index in [9.17, 15) is 5.26 Å². The summed E-state index contributed by atoms with van der Waals surface area (Å²) in [5.41, 5.74) is 2.36. The van der Waals surface area contributed by atoms with Crippen LogP contribution >= 0.6 is 0 Å². The minimum Gasteiger partial charge on any atom is -0.258 e. The first-order valence-electron chi connectivity index (χ1n) is 7.13. The normalized spacial score (nSPS) is 41.0. The van der Waals surface area contributed by atoms with E-state index in [1.807, 2.05) is 13.2 Å². The van der Waals surface area contributed by atoms with Crippen molar-refractivity contribution in [2.24, 2.45) is 24.8 Å². The van der Waals surface area contributed by atoms with E-state index < -0.39 is 0 Å². The highest BCUT2D eigenvalue weighted by Gasteiger charge is 2.52. The second kappa shape index (κ2) is 3.38. The Kier molecular flexibility index (Phi) is 1.99. The molecule has 3 nitrogen and oxygen atoms in total. The van der Waals surface area contributed by atoms with Gasteiger partial charge in [-0.2, -0.15) is 10.4 Å². The monoisotopic (exact) mass is 241 g/mol. The average molecular weight is 241 g/mol. The van der Waals surface area contributed by atoms with E-state index in [0.29, 0.717) is 5.41 Å². The van der Waals surface area contributed by atoms with Gasteiger partial charge in [0.05, 0.1) is 6.20 Å². The van der Waals surface area contributed by atoms with Crippen LogP contribution in [0.3, 0.4) is 0 Å². The van der Waals surface area contributed by atoms with E-state index in [4.69, 9.17) is 0 Å². The van der Waals surface area contributed by atoms with Crippen molar-refractivity contribution >= 4 is 0 Å². The van der Waals surface area contributed by atoms with Crippen LogP contribution in [-0.4, -0.2) is 9.78 Å². The maximum atomic E-state index is 9.38. The van der Waals surface area contributed by atoms with Gasteiger partial charge < -0.3 is 0 Å². The molecule has 0 N–H and O–H groups in total. The summed E-state index contributed by atoms with van der Waals surface area (Å²) in [4.78, 5) is 0. The molecule has 1 aromatic heterocycles. The lowest BCUT2D eigenvalue weighted by Gasteiger charge is -2.56. The van der Waals surface area contributed by atoms with Gasteiger partial charge in [0, 0.05) is 18.0 Å². The predicted octanol–water partition coefficient (Wildman–Crippen LogP) is 2.76. The van der Waals surface area contributed by atoms with Gasteiger partial charge in [0.1, 0.15) is 11.8 Å². The van der Waals surface area contributed by atoms with Crippen LogP contribution in [0.15, 0.2) is 6.20 Å². The van der Waals surface area contributed by atoms with Crippen LogP contribution in [0.25, 0.3) is 0 Å². The van der Waals surface area contributed by atoms with Gasteiger partial charge in [-0.25, -0.2) is 0 Å². The average Bonchev–Trinajstić information content (AvgIpc) is 2.69. The molecule has 1 heterocycles. The number of rotatable bonds is 1. The molecule has 18 heavy (non-hydrogen) atoms. The third kappa shape index (κ3) is 1.27. The van der Waals surface area contributed by atoms with Gasteiger partial charge in [-0.05, 0) is 56.3 Å². The van der Waals surface area contributed by atoms with Gasteiger partial charge in [0.15, 0.2) is 0 Å². The molecule has 0 radical (unpaired) electrons. The van der Waals surface area contributed by atoms with Crippen LogP contribution in [0.1, 0.15) is 49.8 Å². The first-order chi connectivity index (χ1) is 8.70. The third-order valence-corrected chi connectivity index (χ3v) is 5.65. The number of aryl methyl sites for hydroxylation is 1. The molecule has 1 aromatic rings. The molecule has 0 saturated heterocycles. The molecular formula is C15H19N3. The largest absolute Gasteiger partial charge is 0.258 e. The molecule has 0 unspecified atom stereocenters. The van der Waals surface area contributed by atoms with E-state index in [2.05, 4.69) is 11.2 Å². The summed E-state index contributed by atoms with van der Waals surface area (Å²) in [7, 11) is 1.89. The number of nitriles is 1. The Labute approximate surface area is 108 Å². The zero-order valence-corrected chi connectivity index (χ0v) is 10.9. The Morgan fingerprint density at radius 3 is 2.28 bits per heavy atom. The van der Waals surface area contributed by atoms with Gasteiger partial charge in [0.2, 0.25) is 0 Å². The van der Waals surface area contributed by atoms with Crippen LogP contribution in [0, 0.1) is 29.1 Å². The van der Waals surface area contributed by atoms with Crippen molar-refractivity contribution in [2.75, 3.05) is 0 Å². The van der Waals surface area contributed by atoms with Gasteiger partial charge in [-0.3, -0.25) is 4.68 Å². The standard InChI is InChI=1S/C15H19N3/c1-18-14(8-16)13(9-17-18)15-5-10-2-11(6-15)4-12(3-10)7-15/h9-12H,2-7H2,1H3. The summed E-state index contributed by atoms with van der Waals surface area (Å²) in [6, 6.07) is 2.37. The van der Waals surface area contributed by atoms with Crippen LogP contribution < -0.4 is 0 Å². The van der Waals surface area contributed by atoms with Crippen molar-refractivity contribution in [3.8, 4) is 6.07 Å². The molecule has 0 aliphatic heterocycles. The van der Waals surface area contributed by atoms with Crippen molar-refractivity contribution in [2.45, 2.75) is 43.9 Å². The summed E-state index contributed by atoms with van der Waals surface area (Å²) in [5, 5.41) is 13.7. The Morgan fingerprint density at radius 2 is 1.78 bits per heavy atom. The van der Waals surface area contributed by atoms with E-state index >= 15 is 0 Å². The van der Waals surface area contributed by atoms with E-state index in [-0.39, 0.29) is 0 Å². The summed E-state index contributed by atoms with van der Waals surface area (Å²) >= 11 is 0. The number of hydrogen-bond acceptors (Lipinski definition) is 2. The lowest BCUT2D eigenvalue weighted by Crippen LogP contribution is -2.48. The molecule has 4 bridgehead atoms. The highest BCUT2D eigenvalue weighted by molar-refractivity contribution is 5.38. The molecular weight excluding hydrogens is 222 g/mol. The number of hydrogen-bond donors (Lipinski definition) is 0. The second-order valence-corrected chi connectivity index (χ2v) is 6.84. The maximum Gasteiger partial charge on any atom is 0.141 e. The summed E-state index contributed by atoms with van der Waals surface area (Å²) in [6.07, 6.45) is 10.2. The molecule has 4 aliphatic carbocycles. The Hall–Kier alpha value is -1.30. The van der Waals surface area contributed by atoms with Crippen molar-refractivity contribution < 1.29 is 0 Å². The van der Waals surface area contributed by atoms with Crippen molar-refractivity contribution in [3.05, 3.63) is 17.5 Å². The molecule has 4 fully saturated rings. The van der Waals surface area contributed by atoms with Crippen molar-refractivity contribution in [1.82, 2.24) is 9.78 Å². The summed E-state index contributed by atoms with van der Waals surface area (Å²) in [5.74, 6) is 2.76. The molecule has 0 atom stereocenters. The molecule has 4 aliphatic rings. The Morgan fingerprint density at radius 1 is 1.22 bits per heavy atom. The fraction of sp³-hybridized carbons (Fsp3) is 0.733. The first kappa shape index (κ1) is 10.6. The quantitative estimate of drug-likeness (QED) is 0.758. The summed E-state index contributed by atoms with van der Waals surface area (Å²) in [6.45, 7) is 0. The Bertz CT molecular complexity index is 499. The van der Waals surface area contributed by atoms with Crippen LogP contribution in [0.5, 0.6) is 0 Å². The van der Waals surface area contributed by atoms with Gasteiger partial charge >= 0.3 is 0 Å². The number of nitrogens with zero attached hydrogens (tertiary/aromatic N) is 3. The van der Waals surface area contributed by atoms with Crippen molar-refractivity contribution in [1.29, 1.82) is 5.26 Å². The van der Waals surface area contributed by atoms with E-state index in [1.165, 1.54) is 44.1 Å². The molecule has 0 amide bonds. The van der Waals surface area contributed by atoms with Crippen LogP contribution in [0.4, 0.5) is 0 Å². The highest BCUT2D eigenvalue weighted by atomic mass is 15.3. The molecule has 0 spiro atoms. The van der Waals surface area contributed by atoms with Gasteiger partial charge in [0.25, 0.3) is 0 Å². The topological polar surface area (TPSA) is 41.6 Å². The lowest BCUT2D eigenvalue weighted by atomic mass is 9.48.